The average molecular weight is 389 g/mol. The van der Waals surface area contributed by atoms with Crippen molar-refractivity contribution >= 4 is 11.9 Å². The minimum Gasteiger partial charge on any atom is -0.462 e. The Balaban J connectivity index is 2.91. The van der Waals surface area contributed by atoms with Gasteiger partial charge in [0.15, 0.2) is 0 Å². The first-order chi connectivity index (χ1) is 13.0. The summed E-state index contributed by atoms with van der Waals surface area (Å²) in [6.45, 7) is 13.8. The topological polar surface area (TPSA) is 52.6 Å². The summed E-state index contributed by atoms with van der Waals surface area (Å²) in [4.78, 5) is 22.4. The van der Waals surface area contributed by atoms with E-state index in [-0.39, 0.29) is 24.0 Å². The summed E-state index contributed by atoms with van der Waals surface area (Å²) in [5.41, 5.74) is 5.17. The van der Waals surface area contributed by atoms with Crippen molar-refractivity contribution in [1.29, 1.82) is 0 Å². The summed E-state index contributed by atoms with van der Waals surface area (Å²) in [5, 5.41) is 0. The molecule has 0 aliphatic heterocycles. The molecule has 28 heavy (non-hydrogen) atoms. The molecule has 0 saturated heterocycles. The third-order valence-corrected chi connectivity index (χ3v) is 5.28. The molecule has 0 spiro atoms. The third kappa shape index (κ3) is 8.28. The zero-order valence-electron chi connectivity index (χ0n) is 18.6. The van der Waals surface area contributed by atoms with E-state index in [0.29, 0.717) is 0 Å². The molecule has 156 valence electrons. The van der Waals surface area contributed by atoms with Crippen LogP contribution in [0.4, 0.5) is 0 Å². The smallest absolute Gasteiger partial charge is 0.303 e. The lowest BCUT2D eigenvalue weighted by Crippen LogP contribution is -2.20. The quantitative estimate of drug-likeness (QED) is 0.297. The summed E-state index contributed by atoms with van der Waals surface area (Å²) in [7, 11) is 0. The first-order valence-electron chi connectivity index (χ1n) is 10.0. The summed E-state index contributed by atoms with van der Waals surface area (Å²) >= 11 is 0. The minimum atomic E-state index is -0.401. The van der Waals surface area contributed by atoms with E-state index in [9.17, 15) is 9.59 Å². The zero-order valence-corrected chi connectivity index (χ0v) is 18.6. The van der Waals surface area contributed by atoms with Crippen molar-refractivity contribution in [3.05, 3.63) is 46.6 Å². The van der Waals surface area contributed by atoms with E-state index in [1.54, 1.807) is 0 Å². The van der Waals surface area contributed by atoms with Crippen molar-refractivity contribution in [2.45, 2.75) is 80.3 Å². The normalized spacial score (nSPS) is 19.0. The fourth-order valence-corrected chi connectivity index (χ4v) is 3.57. The van der Waals surface area contributed by atoms with E-state index in [1.165, 1.54) is 44.3 Å². The molecule has 0 aromatic heterocycles. The number of allylic oxidation sites excluding steroid dienone is 5. The van der Waals surface area contributed by atoms with Crippen molar-refractivity contribution in [3.8, 4) is 0 Å². The van der Waals surface area contributed by atoms with Crippen LogP contribution >= 0.6 is 0 Å². The lowest BCUT2D eigenvalue weighted by atomic mass is 9.71. The van der Waals surface area contributed by atoms with Crippen LogP contribution in [0.3, 0.4) is 0 Å². The van der Waals surface area contributed by atoms with Crippen molar-refractivity contribution < 1.29 is 19.1 Å². The highest BCUT2D eigenvalue weighted by atomic mass is 16.5. The Morgan fingerprint density at radius 1 is 1.11 bits per heavy atom. The predicted octanol–water partition coefficient (Wildman–Crippen LogP) is 5.85. The highest BCUT2D eigenvalue weighted by Crippen LogP contribution is 2.42. The summed E-state index contributed by atoms with van der Waals surface area (Å²) < 4.78 is 10.4. The molecule has 0 fully saturated rings. The molecule has 0 aromatic carbocycles. The molecule has 4 heteroatoms. The second kappa shape index (κ2) is 11.0. The Kier molecular flexibility index (Phi) is 9.44. The molecular formula is C24H36O4. The maximum absolute atomic E-state index is 11.5. The maximum atomic E-state index is 11.5. The molecule has 1 aliphatic rings. The van der Waals surface area contributed by atoms with Crippen LogP contribution in [-0.2, 0) is 19.1 Å². The van der Waals surface area contributed by atoms with E-state index in [1.807, 2.05) is 32.1 Å². The number of hydrogen-bond acceptors (Lipinski definition) is 4. The highest BCUT2D eigenvalue weighted by Gasteiger charge is 2.27. The number of esters is 2. The lowest BCUT2D eigenvalue weighted by molar-refractivity contribution is -0.143. The van der Waals surface area contributed by atoms with Gasteiger partial charge >= 0.3 is 11.9 Å². The van der Waals surface area contributed by atoms with Crippen LogP contribution in [0.1, 0.15) is 74.1 Å². The van der Waals surface area contributed by atoms with Crippen LogP contribution in [0.5, 0.6) is 0 Å². The summed E-state index contributed by atoms with van der Waals surface area (Å²) in [5.74, 6) is -0.614. The van der Waals surface area contributed by atoms with Gasteiger partial charge < -0.3 is 9.47 Å². The van der Waals surface area contributed by atoms with Gasteiger partial charge in [-0.2, -0.15) is 0 Å². The van der Waals surface area contributed by atoms with Crippen molar-refractivity contribution in [2.75, 3.05) is 6.61 Å². The molecular weight excluding hydrogens is 352 g/mol. The standard InChI is InChI=1S/C24H36O4/c1-17(14-16-27-20(4)25)10-13-23(28-21(5)26)19(3)11-12-22-18(2)9-8-15-24(22,6)7/h10-11,13-14,23H,8-9,12,15-16H2,1-7H3/b13-10-,17-14-,19-11+. The minimum absolute atomic E-state index is 0.224. The van der Waals surface area contributed by atoms with Crippen molar-refractivity contribution in [3.63, 3.8) is 0 Å². The van der Waals surface area contributed by atoms with Gasteiger partial charge in [-0.1, -0.05) is 42.7 Å². The van der Waals surface area contributed by atoms with Crippen LogP contribution in [0.15, 0.2) is 46.6 Å². The van der Waals surface area contributed by atoms with Crippen molar-refractivity contribution in [1.82, 2.24) is 0 Å². The Labute approximate surface area is 170 Å². The zero-order chi connectivity index (χ0) is 21.3. The van der Waals surface area contributed by atoms with Gasteiger partial charge in [0.2, 0.25) is 0 Å². The SMILES string of the molecule is CC(=O)OC/C=C(C)\C=C/C(OC(C)=O)/C(C)=C/CC1=C(C)CCCC1(C)C. The second-order valence-corrected chi connectivity index (χ2v) is 8.29. The fraction of sp³-hybridized carbons (Fsp3) is 0.583. The predicted molar refractivity (Wildman–Crippen MR) is 114 cm³/mol. The second-order valence-electron chi connectivity index (χ2n) is 8.29. The molecule has 1 aliphatic carbocycles. The Morgan fingerprint density at radius 3 is 2.36 bits per heavy atom. The monoisotopic (exact) mass is 388 g/mol. The molecule has 0 saturated carbocycles. The molecule has 0 heterocycles. The summed E-state index contributed by atoms with van der Waals surface area (Å²) in [6.07, 6.45) is 11.9. The molecule has 0 radical (unpaired) electrons. The number of rotatable bonds is 8. The number of hydrogen-bond donors (Lipinski definition) is 0. The molecule has 1 unspecified atom stereocenters. The van der Waals surface area contributed by atoms with E-state index >= 15 is 0 Å². The molecule has 0 bridgehead atoms. The first kappa shape index (κ1) is 23.9. The van der Waals surface area contributed by atoms with E-state index in [0.717, 1.165) is 17.6 Å². The Morgan fingerprint density at radius 2 is 1.79 bits per heavy atom. The van der Waals surface area contributed by atoms with E-state index in [4.69, 9.17) is 9.47 Å². The van der Waals surface area contributed by atoms with Gasteiger partial charge in [0, 0.05) is 13.8 Å². The molecule has 0 aromatic rings. The van der Waals surface area contributed by atoms with Gasteiger partial charge in [-0.25, -0.2) is 0 Å². The Hall–Kier alpha value is -2.10. The van der Waals surface area contributed by atoms with Crippen LogP contribution in [-0.4, -0.2) is 24.6 Å². The Bertz CT molecular complexity index is 689. The van der Waals surface area contributed by atoms with Gasteiger partial charge in [-0.15, -0.1) is 0 Å². The van der Waals surface area contributed by atoms with Gasteiger partial charge in [0.25, 0.3) is 0 Å². The van der Waals surface area contributed by atoms with Gasteiger partial charge in [-0.3, -0.25) is 9.59 Å². The van der Waals surface area contributed by atoms with Gasteiger partial charge in [-0.05, 0) is 69.6 Å². The van der Waals surface area contributed by atoms with Crippen LogP contribution < -0.4 is 0 Å². The van der Waals surface area contributed by atoms with E-state index < -0.39 is 6.10 Å². The van der Waals surface area contributed by atoms with Crippen molar-refractivity contribution in [2.24, 2.45) is 5.41 Å². The molecule has 1 rings (SSSR count). The number of carbonyl (C=O) groups is 2. The molecule has 1 atom stereocenters. The van der Waals surface area contributed by atoms with Crippen LogP contribution in [0.25, 0.3) is 0 Å². The molecule has 0 amide bonds. The van der Waals surface area contributed by atoms with Gasteiger partial charge in [0.1, 0.15) is 12.7 Å². The third-order valence-electron chi connectivity index (χ3n) is 5.28. The largest absolute Gasteiger partial charge is 0.462 e. The lowest BCUT2D eigenvalue weighted by Gasteiger charge is -2.34. The average Bonchev–Trinajstić information content (AvgIpc) is 2.56. The van der Waals surface area contributed by atoms with Crippen LogP contribution in [0, 0.1) is 5.41 Å². The van der Waals surface area contributed by atoms with E-state index in [2.05, 4.69) is 26.8 Å². The summed E-state index contributed by atoms with van der Waals surface area (Å²) in [6, 6.07) is 0. The van der Waals surface area contributed by atoms with Gasteiger partial charge in [0.05, 0.1) is 0 Å². The molecule has 4 nitrogen and oxygen atoms in total. The number of ether oxygens (including phenoxy) is 2. The fourth-order valence-electron chi connectivity index (χ4n) is 3.57. The van der Waals surface area contributed by atoms with Crippen LogP contribution in [0.2, 0.25) is 0 Å². The number of carbonyl (C=O) groups excluding carboxylic acids is 2. The first-order valence-corrected chi connectivity index (χ1v) is 10.0. The maximum Gasteiger partial charge on any atom is 0.303 e. The highest BCUT2D eigenvalue weighted by molar-refractivity contribution is 5.67. The molecule has 0 N–H and O–H groups in total.